The fourth-order valence-electron chi connectivity index (χ4n) is 2.09. The first-order valence-corrected chi connectivity index (χ1v) is 6.25. The number of aliphatic hydroxyl groups excluding tert-OH is 1. The number of nitrogens with zero attached hydrogens (tertiary/aromatic N) is 2. The standard InChI is InChI=1S/C14H18N2O4/c1-15(2)8-12-14(19)13(18)6-10(9-17)16(12)7-11-4-3-5-20-11/h3-6,17,19H,7-9H2,1-2H3. The lowest BCUT2D eigenvalue weighted by molar-refractivity contribution is 0.264. The van der Waals surface area contributed by atoms with E-state index in [2.05, 4.69) is 0 Å². The van der Waals surface area contributed by atoms with Gasteiger partial charge in [-0.1, -0.05) is 0 Å². The van der Waals surface area contributed by atoms with Crippen LogP contribution in [0.25, 0.3) is 0 Å². The maximum Gasteiger partial charge on any atom is 0.223 e. The molecule has 2 aromatic heterocycles. The Morgan fingerprint density at radius 3 is 2.70 bits per heavy atom. The summed E-state index contributed by atoms with van der Waals surface area (Å²) >= 11 is 0. The molecule has 0 aliphatic carbocycles. The maximum absolute atomic E-state index is 11.7. The Hall–Kier alpha value is -2.05. The van der Waals surface area contributed by atoms with Crippen LogP contribution in [0.4, 0.5) is 0 Å². The van der Waals surface area contributed by atoms with E-state index in [-0.39, 0.29) is 12.4 Å². The minimum atomic E-state index is -0.485. The number of aliphatic hydroxyl groups is 1. The summed E-state index contributed by atoms with van der Waals surface area (Å²) in [5.74, 6) is 0.394. The third-order valence-corrected chi connectivity index (χ3v) is 3.00. The lowest BCUT2D eigenvalue weighted by Crippen LogP contribution is -2.23. The van der Waals surface area contributed by atoms with Crippen molar-refractivity contribution in [2.24, 2.45) is 0 Å². The van der Waals surface area contributed by atoms with Crippen LogP contribution in [0.1, 0.15) is 17.1 Å². The summed E-state index contributed by atoms with van der Waals surface area (Å²) in [6, 6.07) is 4.81. The molecule has 0 saturated heterocycles. The molecule has 0 aliphatic rings. The Morgan fingerprint density at radius 1 is 1.40 bits per heavy atom. The molecule has 0 amide bonds. The molecule has 2 rings (SSSR count). The Morgan fingerprint density at radius 2 is 2.15 bits per heavy atom. The second-order valence-electron chi connectivity index (χ2n) is 4.86. The molecule has 2 N–H and O–H groups in total. The van der Waals surface area contributed by atoms with Crippen LogP contribution in [-0.2, 0) is 19.7 Å². The van der Waals surface area contributed by atoms with E-state index in [0.29, 0.717) is 30.2 Å². The van der Waals surface area contributed by atoms with Gasteiger partial charge in [0, 0.05) is 18.3 Å². The van der Waals surface area contributed by atoms with Gasteiger partial charge in [-0.15, -0.1) is 0 Å². The summed E-state index contributed by atoms with van der Waals surface area (Å²) in [5.41, 5.74) is 0.422. The lowest BCUT2D eigenvalue weighted by Gasteiger charge is -2.20. The van der Waals surface area contributed by atoms with Crippen LogP contribution in [0.3, 0.4) is 0 Å². The van der Waals surface area contributed by atoms with Gasteiger partial charge in [-0.2, -0.15) is 0 Å². The van der Waals surface area contributed by atoms with Crippen LogP contribution in [0, 0.1) is 0 Å². The predicted molar refractivity (Wildman–Crippen MR) is 73.5 cm³/mol. The summed E-state index contributed by atoms with van der Waals surface area (Å²) in [5, 5.41) is 19.4. The second-order valence-corrected chi connectivity index (χ2v) is 4.86. The average molecular weight is 278 g/mol. The summed E-state index contributed by atoms with van der Waals surface area (Å²) in [6.07, 6.45) is 1.56. The summed E-state index contributed by atoms with van der Waals surface area (Å²) < 4.78 is 7.00. The molecule has 0 atom stereocenters. The molecule has 0 spiro atoms. The van der Waals surface area contributed by atoms with Crippen molar-refractivity contribution in [1.82, 2.24) is 9.47 Å². The molecule has 0 fully saturated rings. The predicted octanol–water partition coefficient (Wildman–Crippen LogP) is 0.749. The molecule has 6 nitrogen and oxygen atoms in total. The van der Waals surface area contributed by atoms with E-state index >= 15 is 0 Å². The fraction of sp³-hybridized carbons (Fsp3) is 0.357. The molecule has 20 heavy (non-hydrogen) atoms. The van der Waals surface area contributed by atoms with Crippen molar-refractivity contribution in [2.75, 3.05) is 14.1 Å². The SMILES string of the molecule is CN(C)Cc1c(O)c(=O)cc(CO)n1Cc1ccco1. The quantitative estimate of drug-likeness (QED) is 0.843. The molecule has 0 unspecified atom stereocenters. The zero-order valence-corrected chi connectivity index (χ0v) is 11.5. The molecule has 0 aliphatic heterocycles. The molecule has 0 bridgehead atoms. The van der Waals surface area contributed by atoms with Gasteiger partial charge in [-0.05, 0) is 26.2 Å². The first kappa shape index (κ1) is 14.4. The highest BCUT2D eigenvalue weighted by Gasteiger charge is 2.16. The molecular weight excluding hydrogens is 260 g/mol. The minimum Gasteiger partial charge on any atom is -0.503 e. The zero-order chi connectivity index (χ0) is 14.7. The van der Waals surface area contributed by atoms with Crippen LogP contribution in [-0.4, -0.2) is 33.8 Å². The third-order valence-electron chi connectivity index (χ3n) is 3.00. The van der Waals surface area contributed by atoms with E-state index in [1.807, 2.05) is 19.0 Å². The highest BCUT2D eigenvalue weighted by molar-refractivity contribution is 5.30. The van der Waals surface area contributed by atoms with Crippen LogP contribution in [0.2, 0.25) is 0 Å². The van der Waals surface area contributed by atoms with Gasteiger partial charge in [0.25, 0.3) is 0 Å². The summed E-state index contributed by atoms with van der Waals surface area (Å²) in [6.45, 7) is 0.451. The fourth-order valence-corrected chi connectivity index (χ4v) is 2.09. The number of hydrogen-bond acceptors (Lipinski definition) is 5. The van der Waals surface area contributed by atoms with Crippen LogP contribution >= 0.6 is 0 Å². The van der Waals surface area contributed by atoms with Crippen LogP contribution in [0.15, 0.2) is 33.7 Å². The van der Waals surface area contributed by atoms with Crippen molar-refractivity contribution in [3.05, 3.63) is 51.8 Å². The molecule has 0 saturated carbocycles. The van der Waals surface area contributed by atoms with E-state index in [9.17, 15) is 15.0 Å². The lowest BCUT2D eigenvalue weighted by atomic mass is 10.2. The average Bonchev–Trinajstić information content (AvgIpc) is 2.90. The topological polar surface area (TPSA) is 78.8 Å². The first-order chi connectivity index (χ1) is 9.52. The van der Waals surface area contributed by atoms with Crippen molar-refractivity contribution in [2.45, 2.75) is 19.7 Å². The molecule has 0 radical (unpaired) electrons. The molecule has 2 aromatic rings. The number of aromatic nitrogens is 1. The Kier molecular flexibility index (Phi) is 4.26. The van der Waals surface area contributed by atoms with Gasteiger partial charge in [0.15, 0.2) is 5.75 Å². The first-order valence-electron chi connectivity index (χ1n) is 6.25. The van der Waals surface area contributed by atoms with Gasteiger partial charge in [-0.25, -0.2) is 0 Å². The highest BCUT2D eigenvalue weighted by Crippen LogP contribution is 2.18. The monoisotopic (exact) mass is 278 g/mol. The van der Waals surface area contributed by atoms with Crippen LogP contribution < -0.4 is 5.43 Å². The molecule has 0 aromatic carbocycles. The van der Waals surface area contributed by atoms with Gasteiger partial charge >= 0.3 is 0 Å². The van der Waals surface area contributed by atoms with Crippen molar-refractivity contribution >= 4 is 0 Å². The van der Waals surface area contributed by atoms with E-state index in [1.165, 1.54) is 6.07 Å². The van der Waals surface area contributed by atoms with Gasteiger partial charge < -0.3 is 24.1 Å². The summed E-state index contributed by atoms with van der Waals surface area (Å²) in [7, 11) is 3.68. The third kappa shape index (κ3) is 2.92. The normalized spacial score (nSPS) is 11.2. The Bertz CT molecular complexity index is 629. The Labute approximate surface area is 116 Å². The molecule has 108 valence electrons. The summed E-state index contributed by atoms with van der Waals surface area (Å²) in [4.78, 5) is 13.6. The number of pyridine rings is 1. The molecule has 6 heteroatoms. The molecular formula is C14H18N2O4. The number of rotatable bonds is 5. The smallest absolute Gasteiger partial charge is 0.223 e. The number of furan rings is 1. The second kappa shape index (κ2) is 5.94. The Balaban J connectivity index is 2.55. The maximum atomic E-state index is 11.7. The van der Waals surface area contributed by atoms with Gasteiger partial charge in [-0.3, -0.25) is 4.79 Å². The van der Waals surface area contributed by atoms with Gasteiger partial charge in [0.05, 0.1) is 25.1 Å². The van der Waals surface area contributed by atoms with Gasteiger partial charge in [0.1, 0.15) is 5.76 Å². The van der Waals surface area contributed by atoms with Crippen molar-refractivity contribution in [3.63, 3.8) is 0 Å². The number of aromatic hydroxyl groups is 1. The van der Waals surface area contributed by atoms with E-state index in [0.717, 1.165) is 0 Å². The van der Waals surface area contributed by atoms with Gasteiger partial charge in [0.2, 0.25) is 5.43 Å². The van der Waals surface area contributed by atoms with Crippen LogP contribution in [0.5, 0.6) is 5.75 Å². The van der Waals surface area contributed by atoms with E-state index < -0.39 is 5.43 Å². The number of hydrogen-bond donors (Lipinski definition) is 2. The van der Waals surface area contributed by atoms with Crippen molar-refractivity contribution < 1.29 is 14.6 Å². The largest absolute Gasteiger partial charge is 0.503 e. The van der Waals surface area contributed by atoms with Crippen molar-refractivity contribution in [3.8, 4) is 5.75 Å². The zero-order valence-electron chi connectivity index (χ0n) is 11.5. The van der Waals surface area contributed by atoms with E-state index in [4.69, 9.17) is 4.42 Å². The highest BCUT2D eigenvalue weighted by atomic mass is 16.3. The van der Waals surface area contributed by atoms with E-state index in [1.54, 1.807) is 23.0 Å². The van der Waals surface area contributed by atoms with Crippen molar-refractivity contribution in [1.29, 1.82) is 0 Å². The minimum absolute atomic E-state index is 0.281. The molecule has 2 heterocycles.